The SMILES string of the molecule is COc1ccc(C(=O)OCC(=O)Nc2cc(S(=O)(=O)N3CCCCC3)ccc2Cl)cc1[N+](=O)[O-]. The third-order valence-corrected chi connectivity index (χ3v) is 7.33. The van der Waals surface area contributed by atoms with Crippen LogP contribution in [0.15, 0.2) is 41.3 Å². The molecule has 0 spiro atoms. The zero-order valence-electron chi connectivity index (χ0n) is 18.2. The van der Waals surface area contributed by atoms with Crippen molar-refractivity contribution < 1.29 is 32.4 Å². The Labute approximate surface area is 200 Å². The number of nitro benzene ring substituents is 1. The van der Waals surface area contributed by atoms with Crippen molar-refractivity contribution in [3.8, 4) is 5.75 Å². The van der Waals surface area contributed by atoms with Crippen LogP contribution in [0.25, 0.3) is 0 Å². The van der Waals surface area contributed by atoms with Crippen LogP contribution in [-0.2, 0) is 19.6 Å². The minimum absolute atomic E-state index is 0.0170. The number of ether oxygens (including phenoxy) is 2. The lowest BCUT2D eigenvalue weighted by atomic mass is 10.2. The highest BCUT2D eigenvalue weighted by atomic mass is 35.5. The van der Waals surface area contributed by atoms with E-state index in [4.69, 9.17) is 21.1 Å². The van der Waals surface area contributed by atoms with Crippen LogP contribution in [0, 0.1) is 10.1 Å². The molecule has 1 fully saturated rings. The lowest BCUT2D eigenvalue weighted by Crippen LogP contribution is -2.35. The second-order valence-electron chi connectivity index (χ2n) is 7.37. The number of amides is 1. The molecule has 11 nitrogen and oxygen atoms in total. The summed E-state index contributed by atoms with van der Waals surface area (Å²) < 4.78 is 36.9. The molecule has 0 radical (unpaired) electrons. The zero-order valence-corrected chi connectivity index (χ0v) is 19.7. The van der Waals surface area contributed by atoms with Gasteiger partial charge in [-0.05, 0) is 43.2 Å². The van der Waals surface area contributed by atoms with E-state index >= 15 is 0 Å². The van der Waals surface area contributed by atoms with Crippen LogP contribution < -0.4 is 10.1 Å². The number of piperidine rings is 1. The number of benzene rings is 2. The van der Waals surface area contributed by atoms with Gasteiger partial charge in [0.1, 0.15) is 0 Å². The number of nitro groups is 1. The molecule has 1 aliphatic rings. The number of anilines is 1. The number of sulfonamides is 1. The minimum atomic E-state index is -3.74. The first kappa shape index (κ1) is 25.4. The number of carbonyl (C=O) groups is 2. The largest absolute Gasteiger partial charge is 0.490 e. The van der Waals surface area contributed by atoms with Crippen LogP contribution in [0.2, 0.25) is 5.02 Å². The van der Waals surface area contributed by atoms with E-state index in [9.17, 15) is 28.1 Å². The molecule has 2 aromatic carbocycles. The fraction of sp³-hybridized carbons (Fsp3) is 0.333. The van der Waals surface area contributed by atoms with E-state index in [0.29, 0.717) is 13.1 Å². The van der Waals surface area contributed by atoms with Crippen LogP contribution in [0.3, 0.4) is 0 Å². The van der Waals surface area contributed by atoms with Gasteiger partial charge in [0.15, 0.2) is 12.4 Å². The monoisotopic (exact) mass is 511 g/mol. The summed E-state index contributed by atoms with van der Waals surface area (Å²) in [5.41, 5.74) is -0.534. The summed E-state index contributed by atoms with van der Waals surface area (Å²) in [4.78, 5) is 34.9. The summed E-state index contributed by atoms with van der Waals surface area (Å²) in [6.45, 7) is 0.121. The van der Waals surface area contributed by atoms with E-state index in [1.807, 2.05) is 0 Å². The van der Waals surface area contributed by atoms with Crippen molar-refractivity contribution in [3.63, 3.8) is 0 Å². The summed E-state index contributed by atoms with van der Waals surface area (Å²) in [5.74, 6) is -1.77. The maximum atomic E-state index is 12.9. The van der Waals surface area contributed by atoms with Crippen LogP contribution in [0.4, 0.5) is 11.4 Å². The highest BCUT2D eigenvalue weighted by Crippen LogP contribution is 2.29. The van der Waals surface area contributed by atoms with E-state index in [1.54, 1.807) is 0 Å². The Morgan fingerprint density at radius 1 is 1.15 bits per heavy atom. The fourth-order valence-corrected chi connectivity index (χ4v) is 5.08. The molecule has 182 valence electrons. The first-order chi connectivity index (χ1) is 16.1. The molecule has 1 amide bonds. The molecule has 0 saturated carbocycles. The molecule has 1 N–H and O–H groups in total. The number of nitrogens with one attached hydrogen (secondary N) is 1. The Morgan fingerprint density at radius 2 is 1.85 bits per heavy atom. The number of methoxy groups -OCH3 is 1. The summed E-state index contributed by atoms with van der Waals surface area (Å²) >= 11 is 6.10. The Bertz CT molecular complexity index is 1210. The molecule has 0 aromatic heterocycles. The van der Waals surface area contributed by atoms with E-state index < -0.39 is 39.1 Å². The number of halogens is 1. The Morgan fingerprint density at radius 3 is 2.50 bits per heavy atom. The van der Waals surface area contributed by atoms with Crippen molar-refractivity contribution in [2.75, 3.05) is 32.1 Å². The van der Waals surface area contributed by atoms with Gasteiger partial charge in [-0.2, -0.15) is 4.31 Å². The number of hydrogen-bond donors (Lipinski definition) is 1. The van der Waals surface area contributed by atoms with Gasteiger partial charge in [0.2, 0.25) is 10.0 Å². The molecule has 0 bridgehead atoms. The molecule has 34 heavy (non-hydrogen) atoms. The zero-order chi connectivity index (χ0) is 24.9. The Balaban J connectivity index is 1.67. The van der Waals surface area contributed by atoms with E-state index in [-0.39, 0.29) is 26.9 Å². The molecule has 0 aliphatic carbocycles. The van der Waals surface area contributed by atoms with Crippen LogP contribution in [0.1, 0.15) is 29.6 Å². The van der Waals surface area contributed by atoms with Crippen LogP contribution in [-0.4, -0.2) is 56.3 Å². The second kappa shape index (κ2) is 10.8. The van der Waals surface area contributed by atoms with Crippen molar-refractivity contribution in [2.24, 2.45) is 0 Å². The van der Waals surface area contributed by atoms with E-state index in [0.717, 1.165) is 25.3 Å². The van der Waals surface area contributed by atoms with Gasteiger partial charge in [-0.1, -0.05) is 18.0 Å². The summed E-state index contributed by atoms with van der Waals surface area (Å²) in [6, 6.07) is 7.44. The summed E-state index contributed by atoms with van der Waals surface area (Å²) in [7, 11) is -2.49. The van der Waals surface area contributed by atoms with Gasteiger partial charge in [0, 0.05) is 19.2 Å². The van der Waals surface area contributed by atoms with Crippen LogP contribution in [0.5, 0.6) is 5.75 Å². The van der Waals surface area contributed by atoms with Gasteiger partial charge in [-0.15, -0.1) is 0 Å². The normalized spacial score (nSPS) is 14.3. The number of nitrogens with zero attached hydrogens (tertiary/aromatic N) is 2. The molecule has 1 saturated heterocycles. The Hall–Kier alpha value is -3.22. The molecule has 13 heteroatoms. The highest BCUT2D eigenvalue weighted by Gasteiger charge is 2.27. The minimum Gasteiger partial charge on any atom is -0.490 e. The lowest BCUT2D eigenvalue weighted by Gasteiger charge is -2.26. The third-order valence-electron chi connectivity index (χ3n) is 5.11. The fourth-order valence-electron chi connectivity index (χ4n) is 3.38. The smallest absolute Gasteiger partial charge is 0.338 e. The summed E-state index contributed by atoms with van der Waals surface area (Å²) in [6.07, 6.45) is 2.52. The van der Waals surface area contributed by atoms with Gasteiger partial charge in [0.25, 0.3) is 5.91 Å². The first-order valence-corrected chi connectivity index (χ1v) is 12.0. The highest BCUT2D eigenvalue weighted by molar-refractivity contribution is 7.89. The lowest BCUT2D eigenvalue weighted by molar-refractivity contribution is -0.385. The molecule has 1 heterocycles. The van der Waals surface area contributed by atoms with Gasteiger partial charge in [0.05, 0.1) is 33.2 Å². The van der Waals surface area contributed by atoms with Crippen molar-refractivity contribution in [2.45, 2.75) is 24.2 Å². The number of hydrogen-bond acceptors (Lipinski definition) is 8. The summed E-state index contributed by atoms with van der Waals surface area (Å²) in [5, 5.41) is 13.6. The number of carbonyl (C=O) groups excluding carboxylic acids is 2. The molecule has 0 atom stereocenters. The number of esters is 1. The maximum Gasteiger partial charge on any atom is 0.338 e. The average Bonchev–Trinajstić information content (AvgIpc) is 2.83. The maximum absolute atomic E-state index is 12.9. The van der Waals surface area contributed by atoms with Gasteiger partial charge < -0.3 is 14.8 Å². The first-order valence-electron chi connectivity index (χ1n) is 10.2. The van der Waals surface area contributed by atoms with Crippen LogP contribution >= 0.6 is 11.6 Å². The Kier molecular flexibility index (Phi) is 8.07. The standard InChI is InChI=1S/C21H22ClN3O8S/c1-32-19-8-5-14(11-18(19)25(28)29)21(27)33-13-20(26)23-17-12-15(6-7-16(17)22)34(30,31)24-9-3-2-4-10-24/h5-8,11-12H,2-4,9-10,13H2,1H3,(H,23,26). The predicted octanol–water partition coefficient (Wildman–Crippen LogP) is 3.23. The molecule has 1 aliphatic heterocycles. The molecule has 2 aromatic rings. The van der Waals surface area contributed by atoms with Gasteiger partial charge in [-0.25, -0.2) is 13.2 Å². The molecule has 0 unspecified atom stereocenters. The van der Waals surface area contributed by atoms with E-state index in [2.05, 4.69) is 5.32 Å². The molecular weight excluding hydrogens is 490 g/mol. The van der Waals surface area contributed by atoms with E-state index in [1.165, 1.54) is 41.7 Å². The van der Waals surface area contributed by atoms with Gasteiger partial charge in [-0.3, -0.25) is 14.9 Å². The quantitative estimate of drug-likeness (QED) is 0.323. The molecule has 3 rings (SSSR count). The third kappa shape index (κ3) is 5.82. The van der Waals surface area contributed by atoms with Crippen molar-refractivity contribution in [1.29, 1.82) is 0 Å². The van der Waals surface area contributed by atoms with Crippen molar-refractivity contribution >= 4 is 44.9 Å². The molecular formula is C21H22ClN3O8S. The predicted molar refractivity (Wildman–Crippen MR) is 123 cm³/mol. The van der Waals surface area contributed by atoms with Crippen molar-refractivity contribution in [3.05, 3.63) is 57.1 Å². The van der Waals surface area contributed by atoms with Gasteiger partial charge >= 0.3 is 11.7 Å². The second-order valence-corrected chi connectivity index (χ2v) is 9.72. The van der Waals surface area contributed by atoms with Crippen molar-refractivity contribution in [1.82, 2.24) is 4.31 Å². The topological polar surface area (TPSA) is 145 Å². The average molecular weight is 512 g/mol. The number of rotatable bonds is 8.